The summed E-state index contributed by atoms with van der Waals surface area (Å²) in [5, 5.41) is 0. The van der Waals surface area contributed by atoms with Gasteiger partial charge in [-0.05, 0) is 35.1 Å². The van der Waals surface area contributed by atoms with Gasteiger partial charge < -0.3 is 0 Å². The van der Waals surface area contributed by atoms with E-state index >= 15 is 0 Å². The zero-order valence-electron chi connectivity index (χ0n) is 11.4. The van der Waals surface area contributed by atoms with Gasteiger partial charge in [-0.3, -0.25) is 0 Å². The Kier molecular flexibility index (Phi) is 3.50. The molecule has 0 spiro atoms. The minimum absolute atomic E-state index is 1.19. The molecule has 0 saturated heterocycles. The minimum Gasteiger partial charge on any atom is -0.0654 e. The van der Waals surface area contributed by atoms with Gasteiger partial charge in [-0.25, -0.2) is 0 Å². The van der Waals surface area contributed by atoms with Crippen LogP contribution in [0.2, 0.25) is 0 Å². The van der Waals surface area contributed by atoms with Gasteiger partial charge in [0.15, 0.2) is 0 Å². The lowest BCUT2D eigenvalue weighted by Crippen LogP contribution is -1.86. The van der Waals surface area contributed by atoms with Crippen LogP contribution in [0.4, 0.5) is 0 Å². The quantitative estimate of drug-likeness (QED) is 0.669. The van der Waals surface area contributed by atoms with Gasteiger partial charge in [0.2, 0.25) is 0 Å². The number of fused-ring (bicyclic) bond motifs is 1. The first-order chi connectivity index (χ1) is 9.38. The first kappa shape index (κ1) is 12.2. The topological polar surface area (TPSA) is 0 Å². The van der Waals surface area contributed by atoms with Crippen LogP contribution in [-0.2, 0) is 0 Å². The van der Waals surface area contributed by atoms with Crippen molar-refractivity contribution in [1.29, 1.82) is 0 Å². The summed E-state index contributed by atoms with van der Waals surface area (Å²) >= 11 is 0. The molecule has 0 N–H and O–H groups in total. The molecule has 2 aromatic carbocycles. The summed E-state index contributed by atoms with van der Waals surface area (Å²) < 4.78 is 0. The molecule has 0 aromatic heterocycles. The summed E-state index contributed by atoms with van der Waals surface area (Å²) in [5.74, 6) is 0. The van der Waals surface area contributed by atoms with E-state index in [2.05, 4.69) is 68.0 Å². The fraction of sp³-hybridized carbons (Fsp3) is 0.211. The van der Waals surface area contributed by atoms with Gasteiger partial charge >= 0.3 is 0 Å². The number of benzene rings is 2. The summed E-state index contributed by atoms with van der Waals surface area (Å²) in [7, 11) is 0. The van der Waals surface area contributed by atoms with Crippen LogP contribution in [0.15, 0.2) is 54.1 Å². The lowest BCUT2D eigenvalue weighted by molar-refractivity contribution is 0.797. The van der Waals surface area contributed by atoms with Crippen LogP contribution in [0.1, 0.15) is 37.3 Å². The highest BCUT2D eigenvalue weighted by molar-refractivity contribution is 5.83. The maximum atomic E-state index is 2.37. The van der Waals surface area contributed by atoms with Gasteiger partial charge in [0.25, 0.3) is 0 Å². The third kappa shape index (κ3) is 2.49. The average Bonchev–Trinajstić information content (AvgIpc) is 2.88. The lowest BCUT2D eigenvalue weighted by Gasteiger charge is -2.07. The fourth-order valence-electron chi connectivity index (χ4n) is 2.69. The fourth-order valence-corrected chi connectivity index (χ4v) is 2.69. The Bertz CT molecular complexity index is 591. The molecule has 0 nitrogen and oxygen atoms in total. The van der Waals surface area contributed by atoms with E-state index in [1.807, 2.05) is 0 Å². The molecule has 0 heteroatoms. The van der Waals surface area contributed by atoms with Gasteiger partial charge in [0.05, 0.1) is 0 Å². The monoisotopic (exact) mass is 247 g/mol. The SMILES string of the molecule is CCCCC1=Cc2c(cccc2-c2ccccc2)[CH]1. The Labute approximate surface area is 115 Å². The summed E-state index contributed by atoms with van der Waals surface area (Å²) in [5.41, 5.74) is 6.88. The van der Waals surface area contributed by atoms with Crippen LogP contribution >= 0.6 is 0 Å². The van der Waals surface area contributed by atoms with E-state index in [-0.39, 0.29) is 0 Å². The van der Waals surface area contributed by atoms with E-state index in [1.54, 1.807) is 0 Å². The Morgan fingerprint density at radius 2 is 1.74 bits per heavy atom. The zero-order valence-corrected chi connectivity index (χ0v) is 11.4. The van der Waals surface area contributed by atoms with E-state index in [9.17, 15) is 0 Å². The van der Waals surface area contributed by atoms with Crippen molar-refractivity contribution < 1.29 is 0 Å². The summed E-state index contributed by atoms with van der Waals surface area (Å²) in [6.45, 7) is 2.25. The van der Waals surface area contributed by atoms with Crippen LogP contribution in [-0.4, -0.2) is 0 Å². The van der Waals surface area contributed by atoms with Crippen LogP contribution in [0, 0.1) is 6.42 Å². The van der Waals surface area contributed by atoms with Crippen molar-refractivity contribution >= 4 is 6.08 Å². The van der Waals surface area contributed by atoms with Gasteiger partial charge in [-0.1, -0.05) is 73.5 Å². The molecule has 3 rings (SSSR count). The number of hydrogen-bond donors (Lipinski definition) is 0. The Hall–Kier alpha value is -1.82. The molecule has 0 atom stereocenters. The van der Waals surface area contributed by atoms with E-state index in [0.29, 0.717) is 0 Å². The third-order valence-electron chi connectivity index (χ3n) is 3.71. The van der Waals surface area contributed by atoms with Crippen molar-refractivity contribution in [3.63, 3.8) is 0 Å². The van der Waals surface area contributed by atoms with Crippen LogP contribution < -0.4 is 0 Å². The lowest BCUT2D eigenvalue weighted by atomic mass is 9.97. The largest absolute Gasteiger partial charge is 0.0654 e. The van der Waals surface area contributed by atoms with E-state index in [0.717, 1.165) is 0 Å². The van der Waals surface area contributed by atoms with Crippen molar-refractivity contribution in [3.05, 3.63) is 71.7 Å². The second kappa shape index (κ2) is 5.44. The summed E-state index contributed by atoms with van der Waals surface area (Å²) in [6.07, 6.45) is 8.44. The molecule has 0 aliphatic heterocycles. The van der Waals surface area contributed by atoms with E-state index in [1.165, 1.54) is 47.1 Å². The summed E-state index contributed by atoms with van der Waals surface area (Å²) in [4.78, 5) is 0. The number of unbranched alkanes of at least 4 members (excludes halogenated alkanes) is 1. The normalized spacial score (nSPS) is 13.2. The molecule has 1 aliphatic rings. The van der Waals surface area contributed by atoms with E-state index in [4.69, 9.17) is 0 Å². The van der Waals surface area contributed by atoms with Gasteiger partial charge in [-0.2, -0.15) is 0 Å². The molecular weight excluding hydrogens is 228 g/mol. The third-order valence-corrected chi connectivity index (χ3v) is 3.71. The predicted octanol–water partition coefficient (Wildman–Crippen LogP) is 5.49. The Morgan fingerprint density at radius 1 is 0.895 bits per heavy atom. The van der Waals surface area contributed by atoms with Gasteiger partial charge in [0, 0.05) is 6.42 Å². The highest BCUT2D eigenvalue weighted by atomic mass is 14.2. The molecule has 95 valence electrons. The smallest absolute Gasteiger partial charge is 0.0164 e. The first-order valence-corrected chi connectivity index (χ1v) is 7.12. The Balaban J connectivity index is 1.97. The molecule has 0 fully saturated rings. The van der Waals surface area contributed by atoms with Crippen LogP contribution in [0.5, 0.6) is 0 Å². The van der Waals surface area contributed by atoms with E-state index < -0.39 is 0 Å². The second-order valence-corrected chi connectivity index (χ2v) is 5.14. The zero-order chi connectivity index (χ0) is 13.1. The van der Waals surface area contributed by atoms with Crippen molar-refractivity contribution in [3.8, 4) is 11.1 Å². The van der Waals surface area contributed by atoms with Crippen LogP contribution in [0.3, 0.4) is 0 Å². The van der Waals surface area contributed by atoms with Crippen molar-refractivity contribution in [2.75, 3.05) is 0 Å². The molecule has 0 saturated carbocycles. The number of rotatable bonds is 4. The predicted molar refractivity (Wildman–Crippen MR) is 82.8 cm³/mol. The average molecular weight is 247 g/mol. The maximum Gasteiger partial charge on any atom is 0.0164 e. The first-order valence-electron chi connectivity index (χ1n) is 7.12. The molecule has 19 heavy (non-hydrogen) atoms. The van der Waals surface area contributed by atoms with Crippen molar-refractivity contribution in [2.24, 2.45) is 0 Å². The molecular formula is C19H19. The second-order valence-electron chi connectivity index (χ2n) is 5.14. The van der Waals surface area contributed by atoms with Gasteiger partial charge in [0.1, 0.15) is 0 Å². The molecule has 1 aliphatic carbocycles. The Morgan fingerprint density at radius 3 is 2.53 bits per heavy atom. The number of allylic oxidation sites excluding steroid dienone is 1. The molecule has 0 heterocycles. The molecule has 0 unspecified atom stereocenters. The molecule has 0 bridgehead atoms. The summed E-state index contributed by atoms with van der Waals surface area (Å²) in [6, 6.07) is 17.3. The van der Waals surface area contributed by atoms with Crippen LogP contribution in [0.25, 0.3) is 17.2 Å². The standard InChI is InChI=1S/C19H19/c1-2-3-8-15-13-17-11-7-12-18(19(17)14-15)16-9-5-4-6-10-16/h4-7,9-14H,2-3,8H2,1H3. The maximum absolute atomic E-state index is 2.37. The number of hydrogen-bond acceptors (Lipinski definition) is 0. The van der Waals surface area contributed by atoms with Gasteiger partial charge in [-0.15, -0.1) is 0 Å². The molecule has 2 aromatic rings. The molecule has 0 amide bonds. The molecule has 1 radical (unpaired) electrons. The highest BCUT2D eigenvalue weighted by Crippen LogP contribution is 2.36. The highest BCUT2D eigenvalue weighted by Gasteiger charge is 2.16. The van der Waals surface area contributed by atoms with Crippen molar-refractivity contribution in [2.45, 2.75) is 26.2 Å². The van der Waals surface area contributed by atoms with Crippen molar-refractivity contribution in [1.82, 2.24) is 0 Å². The minimum atomic E-state index is 1.19.